The lowest BCUT2D eigenvalue weighted by molar-refractivity contribution is 0.276. The van der Waals surface area contributed by atoms with E-state index in [4.69, 9.17) is 10.2 Å². The van der Waals surface area contributed by atoms with Gasteiger partial charge in [-0.15, -0.1) is 0 Å². The first kappa shape index (κ1) is 23.4. The number of benzene rings is 2. The molecule has 2 aromatic carbocycles. The van der Waals surface area contributed by atoms with Gasteiger partial charge in [-0.3, -0.25) is 0 Å². The van der Waals surface area contributed by atoms with Crippen LogP contribution in [-0.2, 0) is 13.0 Å². The van der Waals surface area contributed by atoms with Crippen molar-refractivity contribution in [3.63, 3.8) is 0 Å². The molecule has 1 aromatic heterocycles. The monoisotopic (exact) mass is 428 g/mol. The van der Waals surface area contributed by atoms with Gasteiger partial charge in [0.25, 0.3) is 0 Å². The fourth-order valence-corrected chi connectivity index (χ4v) is 3.66. The van der Waals surface area contributed by atoms with E-state index in [9.17, 15) is 0 Å². The van der Waals surface area contributed by atoms with Crippen LogP contribution in [0, 0.1) is 25.2 Å². The lowest BCUT2D eigenvalue weighted by atomic mass is 10.0. The van der Waals surface area contributed by atoms with E-state index in [-0.39, 0.29) is 0 Å². The third-order valence-corrected chi connectivity index (χ3v) is 5.38. The summed E-state index contributed by atoms with van der Waals surface area (Å²) in [6.45, 7) is 7.29. The number of nitriles is 1. The van der Waals surface area contributed by atoms with E-state index < -0.39 is 0 Å². The van der Waals surface area contributed by atoms with Crippen molar-refractivity contribution in [3.05, 3.63) is 82.3 Å². The molecule has 0 saturated heterocycles. The number of aryl methyl sites for hydroxylation is 2. The first-order valence-electron chi connectivity index (χ1n) is 10.9. The fraction of sp³-hybridized carbons (Fsp3) is 0.346. The summed E-state index contributed by atoms with van der Waals surface area (Å²) in [5, 5.41) is 12.4. The second-order valence-electron chi connectivity index (χ2n) is 8.61. The zero-order valence-corrected chi connectivity index (χ0v) is 19.7. The lowest BCUT2D eigenvalue weighted by Gasteiger charge is -2.21. The van der Waals surface area contributed by atoms with Gasteiger partial charge in [0.15, 0.2) is 0 Å². The molecule has 0 atom stereocenters. The van der Waals surface area contributed by atoms with Crippen molar-refractivity contribution in [1.82, 2.24) is 19.8 Å². The standard InChI is InChI=1S/C26H32N6/c1-19-14-23(18-32(5)13-12-31(3)4)15-20(2)26(19)30-24-10-11-28-25(29-24)16-21-6-8-22(17-27)9-7-21/h6-11,14-15H,12-13,16,18H2,1-5H3,(H,28,29,30). The Balaban J connectivity index is 1.70. The molecule has 0 radical (unpaired) electrons. The average Bonchev–Trinajstić information content (AvgIpc) is 2.76. The molecule has 3 rings (SSSR count). The van der Waals surface area contributed by atoms with Gasteiger partial charge in [-0.25, -0.2) is 9.97 Å². The number of rotatable bonds is 9. The van der Waals surface area contributed by atoms with Crippen molar-refractivity contribution >= 4 is 11.5 Å². The Bertz CT molecular complexity index is 1060. The lowest BCUT2D eigenvalue weighted by Crippen LogP contribution is -2.28. The largest absolute Gasteiger partial charge is 0.340 e. The Kier molecular flexibility index (Phi) is 7.93. The third-order valence-electron chi connectivity index (χ3n) is 5.38. The quantitative estimate of drug-likeness (QED) is 0.548. The van der Waals surface area contributed by atoms with Crippen LogP contribution in [0.4, 0.5) is 11.5 Å². The van der Waals surface area contributed by atoms with Crippen molar-refractivity contribution in [2.75, 3.05) is 39.5 Å². The van der Waals surface area contributed by atoms with Crippen LogP contribution in [0.2, 0.25) is 0 Å². The smallest absolute Gasteiger partial charge is 0.135 e. The van der Waals surface area contributed by atoms with E-state index in [1.54, 1.807) is 6.20 Å². The molecule has 0 spiro atoms. The molecule has 1 heterocycles. The molecule has 0 amide bonds. The number of aromatic nitrogens is 2. The van der Waals surface area contributed by atoms with Gasteiger partial charge in [0.05, 0.1) is 11.6 Å². The summed E-state index contributed by atoms with van der Waals surface area (Å²) in [5.41, 5.74) is 6.55. The van der Waals surface area contributed by atoms with Crippen LogP contribution in [0.1, 0.15) is 33.6 Å². The fourth-order valence-electron chi connectivity index (χ4n) is 3.66. The molecule has 3 aromatic rings. The zero-order chi connectivity index (χ0) is 23.1. The van der Waals surface area contributed by atoms with Crippen LogP contribution in [0.5, 0.6) is 0 Å². The molecular weight excluding hydrogens is 396 g/mol. The van der Waals surface area contributed by atoms with Gasteiger partial charge in [-0.1, -0.05) is 24.3 Å². The minimum Gasteiger partial charge on any atom is -0.340 e. The van der Waals surface area contributed by atoms with E-state index in [1.807, 2.05) is 30.3 Å². The molecule has 6 heteroatoms. The highest BCUT2D eigenvalue weighted by atomic mass is 15.1. The predicted octanol–water partition coefficient (Wildman–Crippen LogP) is 4.29. The minimum atomic E-state index is 0.622. The molecule has 0 fully saturated rings. The molecule has 0 aliphatic carbocycles. The molecule has 166 valence electrons. The first-order chi connectivity index (χ1) is 15.3. The summed E-state index contributed by atoms with van der Waals surface area (Å²) < 4.78 is 0. The predicted molar refractivity (Wildman–Crippen MR) is 130 cm³/mol. The molecule has 0 aliphatic heterocycles. The van der Waals surface area contributed by atoms with Crippen molar-refractivity contribution in [2.24, 2.45) is 0 Å². The highest BCUT2D eigenvalue weighted by Crippen LogP contribution is 2.26. The Morgan fingerprint density at radius 3 is 2.25 bits per heavy atom. The van der Waals surface area contributed by atoms with Crippen LogP contribution in [0.25, 0.3) is 0 Å². The zero-order valence-electron chi connectivity index (χ0n) is 19.7. The van der Waals surface area contributed by atoms with Crippen LogP contribution in [0.15, 0.2) is 48.7 Å². The van der Waals surface area contributed by atoms with Gasteiger partial charge in [-0.05, 0) is 75.4 Å². The Labute approximate surface area is 191 Å². The van der Waals surface area contributed by atoms with E-state index in [0.29, 0.717) is 12.0 Å². The third kappa shape index (κ3) is 6.61. The summed E-state index contributed by atoms with van der Waals surface area (Å²) in [5.74, 6) is 1.53. The second kappa shape index (κ2) is 10.9. The molecule has 0 aliphatic rings. The molecule has 1 N–H and O–H groups in total. The van der Waals surface area contributed by atoms with E-state index in [2.05, 4.69) is 73.3 Å². The molecule has 0 saturated carbocycles. The number of hydrogen-bond acceptors (Lipinski definition) is 6. The van der Waals surface area contributed by atoms with Crippen LogP contribution in [-0.4, -0.2) is 54.0 Å². The van der Waals surface area contributed by atoms with E-state index in [1.165, 1.54) is 16.7 Å². The van der Waals surface area contributed by atoms with Gasteiger partial charge >= 0.3 is 0 Å². The highest BCUT2D eigenvalue weighted by Gasteiger charge is 2.09. The molecular formula is C26H32N6. The van der Waals surface area contributed by atoms with Crippen LogP contribution in [0.3, 0.4) is 0 Å². The van der Waals surface area contributed by atoms with Gasteiger partial charge in [0, 0.05) is 37.9 Å². The molecule has 0 unspecified atom stereocenters. The van der Waals surface area contributed by atoms with E-state index >= 15 is 0 Å². The first-order valence-corrected chi connectivity index (χ1v) is 10.9. The normalized spacial score (nSPS) is 11.1. The number of nitrogens with one attached hydrogen (secondary N) is 1. The van der Waals surface area contributed by atoms with E-state index in [0.717, 1.165) is 42.5 Å². The number of likely N-dealkylation sites (N-methyl/N-ethyl adjacent to an activating group) is 2. The molecule has 0 bridgehead atoms. The van der Waals surface area contributed by atoms with Crippen molar-refractivity contribution in [1.29, 1.82) is 5.26 Å². The minimum absolute atomic E-state index is 0.622. The van der Waals surface area contributed by atoms with Crippen LogP contribution >= 0.6 is 0 Å². The summed E-state index contributed by atoms with van der Waals surface area (Å²) >= 11 is 0. The number of nitrogens with zero attached hydrogens (tertiary/aromatic N) is 5. The van der Waals surface area contributed by atoms with Gasteiger partial charge in [0.2, 0.25) is 0 Å². The maximum Gasteiger partial charge on any atom is 0.135 e. The summed E-state index contributed by atoms with van der Waals surface area (Å²) in [7, 11) is 6.37. The van der Waals surface area contributed by atoms with Crippen molar-refractivity contribution in [2.45, 2.75) is 26.8 Å². The van der Waals surface area contributed by atoms with Crippen LogP contribution < -0.4 is 5.32 Å². The maximum atomic E-state index is 8.96. The molecule has 6 nitrogen and oxygen atoms in total. The second-order valence-corrected chi connectivity index (χ2v) is 8.61. The van der Waals surface area contributed by atoms with Gasteiger partial charge < -0.3 is 15.1 Å². The number of hydrogen-bond donors (Lipinski definition) is 1. The topological polar surface area (TPSA) is 68.1 Å². The Morgan fingerprint density at radius 1 is 0.938 bits per heavy atom. The summed E-state index contributed by atoms with van der Waals surface area (Å²) in [4.78, 5) is 13.7. The van der Waals surface area contributed by atoms with Crippen molar-refractivity contribution in [3.8, 4) is 6.07 Å². The SMILES string of the molecule is Cc1cc(CN(C)CCN(C)C)cc(C)c1Nc1ccnc(Cc2ccc(C#N)cc2)n1. The van der Waals surface area contributed by atoms with Crippen molar-refractivity contribution < 1.29 is 0 Å². The maximum absolute atomic E-state index is 8.96. The van der Waals surface area contributed by atoms with Gasteiger partial charge in [-0.2, -0.15) is 5.26 Å². The Morgan fingerprint density at radius 2 is 1.62 bits per heavy atom. The summed E-state index contributed by atoms with van der Waals surface area (Å²) in [6, 6.07) is 16.1. The Hall–Kier alpha value is -3.27. The average molecular weight is 429 g/mol. The summed E-state index contributed by atoms with van der Waals surface area (Å²) in [6.07, 6.45) is 2.41. The van der Waals surface area contributed by atoms with Gasteiger partial charge in [0.1, 0.15) is 11.6 Å². The molecule has 32 heavy (non-hydrogen) atoms. The number of anilines is 2. The highest BCUT2D eigenvalue weighted by molar-refractivity contribution is 5.65.